The number of primary sulfonamides is 1. The third-order valence-corrected chi connectivity index (χ3v) is 8.88. The summed E-state index contributed by atoms with van der Waals surface area (Å²) in [6.45, 7) is -0.133. The van der Waals surface area contributed by atoms with Crippen molar-refractivity contribution in [1.82, 2.24) is 4.31 Å². The maximum Gasteiger partial charge on any atom is 0.252 e. The van der Waals surface area contributed by atoms with Crippen LogP contribution in [0.25, 0.3) is 0 Å². The Morgan fingerprint density at radius 2 is 1.44 bits per heavy atom. The quantitative estimate of drug-likeness (QED) is 0.431. The first-order chi connectivity index (χ1) is 17.0. The number of nitrogens with zero attached hydrogens (tertiary/aromatic N) is 2. The Kier molecular flexibility index (Phi) is 7.30. The molecule has 0 aliphatic carbocycles. The lowest BCUT2D eigenvalue weighted by atomic mass is 10.1. The number of amides is 2. The second-order valence-corrected chi connectivity index (χ2v) is 12.0. The van der Waals surface area contributed by atoms with Crippen molar-refractivity contribution in [3.8, 4) is 0 Å². The molecule has 0 aromatic heterocycles. The molecule has 12 heteroatoms. The van der Waals surface area contributed by atoms with Gasteiger partial charge in [-0.25, -0.2) is 26.9 Å². The van der Waals surface area contributed by atoms with Gasteiger partial charge in [-0.3, -0.25) is 9.59 Å². The van der Waals surface area contributed by atoms with Crippen LogP contribution in [0.2, 0.25) is 5.02 Å². The summed E-state index contributed by atoms with van der Waals surface area (Å²) in [6.07, 6.45) is -0.161. The molecule has 1 fully saturated rings. The fourth-order valence-corrected chi connectivity index (χ4v) is 6.18. The van der Waals surface area contributed by atoms with Crippen LogP contribution in [0.3, 0.4) is 0 Å². The first-order valence-corrected chi connectivity index (χ1v) is 14.2. The molecule has 9 nitrogen and oxygen atoms in total. The first-order valence-electron chi connectivity index (χ1n) is 10.8. The van der Waals surface area contributed by atoms with Gasteiger partial charge in [0, 0.05) is 11.6 Å². The van der Waals surface area contributed by atoms with Crippen molar-refractivity contribution in [2.45, 2.75) is 28.7 Å². The largest absolute Gasteiger partial charge is 0.274 e. The second-order valence-electron chi connectivity index (χ2n) is 8.13. The van der Waals surface area contributed by atoms with Gasteiger partial charge in [0.2, 0.25) is 26.0 Å². The van der Waals surface area contributed by atoms with E-state index in [9.17, 15) is 26.4 Å². The van der Waals surface area contributed by atoms with Crippen molar-refractivity contribution in [2.24, 2.45) is 5.14 Å². The highest BCUT2D eigenvalue weighted by molar-refractivity contribution is 7.89. The standard InChI is InChI=1S/C24H22ClN3O6S2/c25-18-8-12-21(13-9-18)36(33,34)27(15-14-17-6-10-20(11-7-17)35(26,31)32)22-16-23(29)28(24(22)30)19-4-2-1-3-5-19/h1-13,22H,14-16H2,(H2,26,31,32). The summed E-state index contributed by atoms with van der Waals surface area (Å²) >= 11 is 5.92. The number of carbonyl (C=O) groups is 2. The van der Waals surface area contributed by atoms with Crippen molar-refractivity contribution in [2.75, 3.05) is 11.4 Å². The third kappa shape index (κ3) is 5.35. The molecule has 1 unspecified atom stereocenters. The monoisotopic (exact) mass is 547 g/mol. The fourth-order valence-electron chi connectivity index (χ4n) is 3.96. The van der Waals surface area contributed by atoms with Crippen molar-refractivity contribution >= 4 is 49.1 Å². The molecule has 36 heavy (non-hydrogen) atoms. The predicted octanol–water partition coefficient (Wildman–Crippen LogP) is 2.55. The van der Waals surface area contributed by atoms with E-state index in [-0.39, 0.29) is 29.2 Å². The van der Waals surface area contributed by atoms with Gasteiger partial charge in [-0.05, 0) is 60.5 Å². The van der Waals surface area contributed by atoms with Crippen LogP contribution in [-0.4, -0.2) is 45.5 Å². The smallest absolute Gasteiger partial charge is 0.252 e. The number of para-hydroxylation sites is 1. The van der Waals surface area contributed by atoms with Gasteiger partial charge in [-0.1, -0.05) is 41.9 Å². The zero-order valence-electron chi connectivity index (χ0n) is 18.8. The zero-order valence-corrected chi connectivity index (χ0v) is 21.2. The van der Waals surface area contributed by atoms with Crippen molar-refractivity contribution in [1.29, 1.82) is 0 Å². The maximum absolute atomic E-state index is 13.6. The Balaban J connectivity index is 1.67. The Bertz CT molecular complexity index is 1490. The molecule has 1 saturated heterocycles. The summed E-state index contributed by atoms with van der Waals surface area (Å²) in [7, 11) is -8.08. The SMILES string of the molecule is NS(=O)(=O)c1ccc(CCN(C2CC(=O)N(c3ccccc3)C2=O)S(=O)(=O)c2ccc(Cl)cc2)cc1. The van der Waals surface area contributed by atoms with Crippen molar-refractivity contribution in [3.05, 3.63) is 89.4 Å². The molecule has 0 radical (unpaired) electrons. The van der Waals surface area contributed by atoms with Crippen LogP contribution in [0.4, 0.5) is 5.69 Å². The van der Waals surface area contributed by atoms with E-state index in [0.717, 1.165) is 9.21 Å². The molecule has 1 aliphatic heterocycles. The van der Waals surface area contributed by atoms with E-state index in [2.05, 4.69) is 0 Å². The molecule has 0 saturated carbocycles. The Morgan fingerprint density at radius 3 is 2.03 bits per heavy atom. The zero-order chi connectivity index (χ0) is 26.1. The summed E-state index contributed by atoms with van der Waals surface area (Å²) in [4.78, 5) is 27.0. The Labute approximate surface area is 214 Å². The minimum absolute atomic E-state index is 0.0742. The van der Waals surface area contributed by atoms with E-state index in [1.165, 1.54) is 48.5 Å². The van der Waals surface area contributed by atoms with E-state index in [1.807, 2.05) is 0 Å². The van der Waals surface area contributed by atoms with Gasteiger partial charge in [0.25, 0.3) is 5.91 Å². The molecule has 1 atom stereocenters. The average molecular weight is 548 g/mol. The van der Waals surface area contributed by atoms with Crippen LogP contribution in [0.1, 0.15) is 12.0 Å². The first kappa shape index (κ1) is 26.0. The molecule has 3 aromatic rings. The molecular formula is C24H22ClN3O6S2. The molecule has 1 heterocycles. The molecule has 2 N–H and O–H groups in total. The van der Waals surface area contributed by atoms with E-state index in [0.29, 0.717) is 16.3 Å². The van der Waals surface area contributed by atoms with Gasteiger partial charge in [0.1, 0.15) is 6.04 Å². The van der Waals surface area contributed by atoms with Crippen LogP contribution in [0.5, 0.6) is 0 Å². The second kappa shape index (κ2) is 10.1. The van der Waals surface area contributed by atoms with Gasteiger partial charge >= 0.3 is 0 Å². The topological polar surface area (TPSA) is 135 Å². The third-order valence-electron chi connectivity index (χ3n) is 5.78. The highest BCUT2D eigenvalue weighted by Gasteiger charge is 2.46. The normalized spacial score (nSPS) is 16.6. The number of hydrogen-bond acceptors (Lipinski definition) is 6. The van der Waals surface area contributed by atoms with Crippen LogP contribution in [0, 0.1) is 0 Å². The van der Waals surface area contributed by atoms with E-state index < -0.39 is 37.9 Å². The summed E-state index contributed by atoms with van der Waals surface area (Å²) < 4.78 is 51.3. The van der Waals surface area contributed by atoms with Gasteiger partial charge in [-0.2, -0.15) is 4.31 Å². The van der Waals surface area contributed by atoms with E-state index in [1.54, 1.807) is 30.3 Å². The highest BCUT2D eigenvalue weighted by Crippen LogP contribution is 2.30. The maximum atomic E-state index is 13.6. The number of anilines is 1. The van der Waals surface area contributed by atoms with Crippen molar-refractivity contribution in [3.63, 3.8) is 0 Å². The Hall–Kier alpha value is -3.09. The number of sulfonamides is 2. The number of hydrogen-bond donors (Lipinski definition) is 1. The summed E-state index contributed by atoms with van der Waals surface area (Å²) in [6, 6.07) is 18.3. The van der Waals surface area contributed by atoms with Crippen molar-refractivity contribution < 1.29 is 26.4 Å². The fraction of sp³-hybridized carbons (Fsp3) is 0.167. The van der Waals surface area contributed by atoms with E-state index >= 15 is 0 Å². The Morgan fingerprint density at radius 1 is 0.861 bits per heavy atom. The number of halogens is 1. The van der Waals surface area contributed by atoms with Gasteiger partial charge < -0.3 is 0 Å². The lowest BCUT2D eigenvalue weighted by Gasteiger charge is -2.27. The van der Waals surface area contributed by atoms with Crippen LogP contribution in [0.15, 0.2) is 88.7 Å². The van der Waals surface area contributed by atoms with Crippen LogP contribution < -0.4 is 10.0 Å². The molecule has 1 aliphatic rings. The molecule has 0 spiro atoms. The molecule has 188 valence electrons. The number of rotatable bonds is 8. The summed E-state index contributed by atoms with van der Waals surface area (Å²) in [5, 5.41) is 5.48. The number of imide groups is 1. The van der Waals surface area contributed by atoms with Gasteiger partial charge in [0.05, 0.1) is 21.9 Å². The molecular weight excluding hydrogens is 526 g/mol. The molecule has 3 aromatic carbocycles. The number of nitrogens with two attached hydrogens (primary N) is 1. The summed E-state index contributed by atoms with van der Waals surface area (Å²) in [5.41, 5.74) is 0.979. The lowest BCUT2D eigenvalue weighted by Crippen LogP contribution is -2.46. The average Bonchev–Trinajstić information content (AvgIpc) is 3.13. The number of carbonyl (C=O) groups excluding carboxylic acids is 2. The van der Waals surface area contributed by atoms with Gasteiger partial charge in [-0.15, -0.1) is 0 Å². The van der Waals surface area contributed by atoms with Gasteiger partial charge in [0.15, 0.2) is 0 Å². The van der Waals surface area contributed by atoms with Crippen LogP contribution in [-0.2, 0) is 36.1 Å². The summed E-state index contributed by atoms with van der Waals surface area (Å²) in [5.74, 6) is -1.15. The van der Waals surface area contributed by atoms with E-state index in [4.69, 9.17) is 16.7 Å². The molecule has 2 amide bonds. The highest BCUT2D eigenvalue weighted by atomic mass is 35.5. The van der Waals surface area contributed by atoms with Crippen LogP contribution >= 0.6 is 11.6 Å². The minimum Gasteiger partial charge on any atom is -0.274 e. The number of benzene rings is 3. The molecule has 0 bridgehead atoms. The molecule has 4 rings (SSSR count). The predicted molar refractivity (Wildman–Crippen MR) is 134 cm³/mol. The lowest BCUT2D eigenvalue weighted by molar-refractivity contribution is -0.122. The minimum atomic E-state index is -4.21.